The molecule has 0 radical (unpaired) electrons. The van der Waals surface area contributed by atoms with E-state index in [-0.39, 0.29) is 29.0 Å². The number of nitro groups is 1. The van der Waals surface area contributed by atoms with Gasteiger partial charge in [0.25, 0.3) is 5.91 Å². The highest BCUT2D eigenvalue weighted by molar-refractivity contribution is 5.95. The Morgan fingerprint density at radius 1 is 1.31 bits per heavy atom. The zero-order valence-corrected chi connectivity index (χ0v) is 16.8. The fourth-order valence-corrected chi connectivity index (χ4v) is 3.45. The summed E-state index contributed by atoms with van der Waals surface area (Å²) < 4.78 is 11.4. The molecule has 8 nitrogen and oxygen atoms in total. The average Bonchev–Trinajstić information content (AvgIpc) is 2.72. The molecule has 2 aromatic rings. The number of ether oxygens (including phenoxy) is 2. The maximum absolute atomic E-state index is 12.9. The van der Waals surface area contributed by atoms with Crippen LogP contribution in [-0.2, 0) is 0 Å². The lowest BCUT2D eigenvalue weighted by molar-refractivity contribution is -0.385. The van der Waals surface area contributed by atoms with Gasteiger partial charge >= 0.3 is 5.69 Å². The van der Waals surface area contributed by atoms with Gasteiger partial charge in [0.15, 0.2) is 5.75 Å². The molecule has 2 aromatic carbocycles. The fourth-order valence-electron chi connectivity index (χ4n) is 3.45. The largest absolute Gasteiger partial charge is 0.487 e. The van der Waals surface area contributed by atoms with Gasteiger partial charge in [0.05, 0.1) is 30.3 Å². The number of likely N-dealkylation sites (N-methyl/N-ethyl adjacent to an activating group) is 2. The van der Waals surface area contributed by atoms with E-state index in [9.17, 15) is 14.9 Å². The maximum Gasteiger partial charge on any atom is 0.311 e. The molecule has 0 unspecified atom stereocenters. The lowest BCUT2D eigenvalue weighted by Gasteiger charge is -2.37. The fraction of sp³-hybridized carbons (Fsp3) is 0.381. The number of hydrogen-bond donors (Lipinski definition) is 0. The third kappa shape index (κ3) is 4.42. The number of fused-ring (bicyclic) bond motifs is 1. The quantitative estimate of drug-likeness (QED) is 0.524. The molecule has 0 bridgehead atoms. The highest BCUT2D eigenvalue weighted by Crippen LogP contribution is 2.33. The first-order valence-corrected chi connectivity index (χ1v) is 9.61. The van der Waals surface area contributed by atoms with E-state index in [1.165, 1.54) is 17.0 Å². The number of amides is 1. The predicted octanol–water partition coefficient (Wildman–Crippen LogP) is 3.35. The van der Waals surface area contributed by atoms with Crippen molar-refractivity contribution in [3.05, 3.63) is 58.1 Å². The molecule has 3 rings (SSSR count). The third-order valence-electron chi connectivity index (χ3n) is 4.83. The molecule has 29 heavy (non-hydrogen) atoms. The minimum atomic E-state index is -0.540. The Bertz CT molecular complexity index is 902. The Labute approximate surface area is 169 Å². The van der Waals surface area contributed by atoms with E-state index >= 15 is 0 Å². The van der Waals surface area contributed by atoms with Crippen molar-refractivity contribution in [2.75, 3.05) is 38.2 Å². The molecule has 8 heteroatoms. The molecule has 1 heterocycles. The highest BCUT2D eigenvalue weighted by atomic mass is 16.6. The van der Waals surface area contributed by atoms with Crippen LogP contribution < -0.4 is 14.4 Å². The smallest absolute Gasteiger partial charge is 0.311 e. The number of hydrogen-bond acceptors (Lipinski definition) is 6. The van der Waals surface area contributed by atoms with Gasteiger partial charge in [-0.2, -0.15) is 0 Å². The molecule has 0 aromatic heterocycles. The second kappa shape index (κ2) is 8.81. The third-order valence-corrected chi connectivity index (χ3v) is 4.83. The Morgan fingerprint density at radius 2 is 2.07 bits per heavy atom. The van der Waals surface area contributed by atoms with Gasteiger partial charge in [-0.1, -0.05) is 12.1 Å². The Hall–Kier alpha value is -3.29. The molecule has 0 fully saturated rings. The topological polar surface area (TPSA) is 85.2 Å². The summed E-state index contributed by atoms with van der Waals surface area (Å²) >= 11 is 0. The molecule has 0 spiro atoms. The Morgan fingerprint density at radius 3 is 2.76 bits per heavy atom. The molecule has 0 saturated heterocycles. The van der Waals surface area contributed by atoms with Crippen molar-refractivity contribution in [1.82, 2.24) is 4.90 Å². The Balaban J connectivity index is 1.74. The van der Waals surface area contributed by atoms with Crippen LogP contribution in [0.5, 0.6) is 11.5 Å². The lowest BCUT2D eigenvalue weighted by Crippen LogP contribution is -2.46. The van der Waals surface area contributed by atoms with Gasteiger partial charge in [0.1, 0.15) is 11.9 Å². The van der Waals surface area contributed by atoms with Crippen molar-refractivity contribution in [2.45, 2.75) is 20.0 Å². The van der Waals surface area contributed by atoms with Crippen LogP contribution in [0, 0.1) is 10.1 Å². The molecule has 1 atom stereocenters. The highest BCUT2D eigenvalue weighted by Gasteiger charge is 2.28. The van der Waals surface area contributed by atoms with Crippen LogP contribution in [0.15, 0.2) is 42.5 Å². The molecule has 0 saturated carbocycles. The minimum Gasteiger partial charge on any atom is -0.487 e. The van der Waals surface area contributed by atoms with E-state index in [0.29, 0.717) is 19.7 Å². The summed E-state index contributed by atoms with van der Waals surface area (Å²) in [4.78, 5) is 27.4. The molecule has 1 amide bonds. The summed E-state index contributed by atoms with van der Waals surface area (Å²) in [5, 5.41) is 11.3. The molecular weight excluding hydrogens is 374 g/mol. The van der Waals surface area contributed by atoms with Gasteiger partial charge in [0, 0.05) is 25.2 Å². The van der Waals surface area contributed by atoms with E-state index < -0.39 is 4.92 Å². The van der Waals surface area contributed by atoms with Crippen molar-refractivity contribution in [2.24, 2.45) is 0 Å². The first-order chi connectivity index (χ1) is 13.9. The van der Waals surface area contributed by atoms with Crippen molar-refractivity contribution in [1.29, 1.82) is 0 Å². The molecular formula is C21H25N3O5. The van der Waals surface area contributed by atoms with E-state index in [0.717, 1.165) is 18.0 Å². The summed E-state index contributed by atoms with van der Waals surface area (Å²) in [7, 11) is 1.67. The molecule has 1 aliphatic heterocycles. The molecule has 0 N–H and O–H groups in total. The first-order valence-electron chi connectivity index (χ1n) is 9.61. The van der Waals surface area contributed by atoms with Crippen LogP contribution in [0.3, 0.4) is 0 Å². The van der Waals surface area contributed by atoms with Gasteiger partial charge in [-0.05, 0) is 38.1 Å². The van der Waals surface area contributed by atoms with E-state index in [1.54, 1.807) is 20.0 Å². The summed E-state index contributed by atoms with van der Waals surface area (Å²) in [5.74, 6) is 0.646. The summed E-state index contributed by atoms with van der Waals surface area (Å²) in [6, 6.07) is 12.1. The van der Waals surface area contributed by atoms with Crippen LogP contribution in [0.2, 0.25) is 0 Å². The maximum atomic E-state index is 12.9. The predicted molar refractivity (Wildman–Crippen MR) is 110 cm³/mol. The van der Waals surface area contributed by atoms with Gasteiger partial charge in [0.2, 0.25) is 0 Å². The second-order valence-electron chi connectivity index (χ2n) is 6.80. The van der Waals surface area contributed by atoms with E-state index in [4.69, 9.17) is 9.47 Å². The normalized spacial score (nSPS) is 15.3. The standard InChI is InChI=1S/C21H25N3O5/c1-4-23-14-16(29-20-9-7-6-8-17(20)23)13-22(3)21(25)15-10-11-19(28-5-2)18(12-15)24(26)27/h6-12,16H,4-5,13-14H2,1-3H3/t16-/m1/s1. The van der Waals surface area contributed by atoms with Crippen molar-refractivity contribution in [3.8, 4) is 11.5 Å². The summed E-state index contributed by atoms with van der Waals surface area (Å²) in [6.45, 7) is 5.99. The van der Waals surface area contributed by atoms with Gasteiger partial charge in [-0.25, -0.2) is 0 Å². The number of nitrogens with zero attached hydrogens (tertiary/aromatic N) is 3. The Kier molecular flexibility index (Phi) is 6.21. The SMILES string of the molecule is CCOc1ccc(C(=O)N(C)C[C@@H]2CN(CC)c3ccccc3O2)cc1[N+](=O)[O-]. The van der Waals surface area contributed by atoms with Gasteiger partial charge < -0.3 is 19.3 Å². The summed E-state index contributed by atoms with van der Waals surface area (Å²) in [6.07, 6.45) is -0.198. The number of rotatable bonds is 7. The van der Waals surface area contributed by atoms with Crippen LogP contribution >= 0.6 is 0 Å². The van der Waals surface area contributed by atoms with Crippen molar-refractivity contribution < 1.29 is 19.2 Å². The number of para-hydroxylation sites is 2. The van der Waals surface area contributed by atoms with Crippen LogP contribution in [0.4, 0.5) is 11.4 Å². The van der Waals surface area contributed by atoms with E-state index in [1.807, 2.05) is 24.3 Å². The van der Waals surface area contributed by atoms with E-state index in [2.05, 4.69) is 11.8 Å². The van der Waals surface area contributed by atoms with Crippen molar-refractivity contribution >= 4 is 17.3 Å². The number of carbonyl (C=O) groups is 1. The number of benzene rings is 2. The zero-order valence-electron chi connectivity index (χ0n) is 16.8. The number of carbonyl (C=O) groups excluding carboxylic acids is 1. The molecule has 154 valence electrons. The monoisotopic (exact) mass is 399 g/mol. The lowest BCUT2D eigenvalue weighted by atomic mass is 10.1. The number of nitro benzene ring substituents is 1. The summed E-state index contributed by atoms with van der Waals surface area (Å²) in [5.41, 5.74) is 1.07. The molecule has 1 aliphatic rings. The average molecular weight is 399 g/mol. The number of anilines is 1. The van der Waals surface area contributed by atoms with Crippen LogP contribution in [0.1, 0.15) is 24.2 Å². The van der Waals surface area contributed by atoms with Crippen LogP contribution in [-0.4, -0.2) is 55.1 Å². The van der Waals surface area contributed by atoms with Gasteiger partial charge in [-0.15, -0.1) is 0 Å². The minimum absolute atomic E-state index is 0.155. The first kappa shape index (κ1) is 20.4. The molecule has 0 aliphatic carbocycles. The zero-order chi connectivity index (χ0) is 21.0. The van der Waals surface area contributed by atoms with Gasteiger partial charge in [-0.3, -0.25) is 14.9 Å². The van der Waals surface area contributed by atoms with Crippen molar-refractivity contribution in [3.63, 3.8) is 0 Å². The van der Waals surface area contributed by atoms with Crippen LogP contribution in [0.25, 0.3) is 0 Å². The second-order valence-corrected chi connectivity index (χ2v) is 6.80.